The van der Waals surface area contributed by atoms with Gasteiger partial charge in [0, 0.05) is 6.54 Å². The van der Waals surface area contributed by atoms with Crippen molar-refractivity contribution >= 4 is 17.7 Å². The zero-order chi connectivity index (χ0) is 18.7. The van der Waals surface area contributed by atoms with E-state index in [-0.39, 0.29) is 38.0 Å². The number of rotatable bonds is 12. The minimum atomic E-state index is -0.629. The molecule has 9 heteroatoms. The molecule has 0 fully saturated rings. The molecule has 1 heterocycles. The molecule has 0 aromatic carbocycles. The Balaban J connectivity index is 2.76. The van der Waals surface area contributed by atoms with Crippen LogP contribution in [0.25, 0.3) is 0 Å². The van der Waals surface area contributed by atoms with Crippen LogP contribution < -0.4 is 16.8 Å². The predicted molar refractivity (Wildman–Crippen MR) is 92.1 cm³/mol. The number of hydrogen-bond acceptors (Lipinski definition) is 6. The molecule has 0 atom stereocenters. The largest absolute Gasteiger partial charge is 0.467 e. The molecule has 0 unspecified atom stereocenters. The van der Waals surface area contributed by atoms with E-state index in [0.717, 1.165) is 6.42 Å². The van der Waals surface area contributed by atoms with Gasteiger partial charge in [0.2, 0.25) is 17.7 Å². The summed E-state index contributed by atoms with van der Waals surface area (Å²) in [5.41, 5.74) is 10.7. The molecule has 1 rings (SSSR count). The van der Waals surface area contributed by atoms with Gasteiger partial charge in [0.05, 0.1) is 32.4 Å². The quantitative estimate of drug-likeness (QED) is 0.407. The SMILES string of the molecule is CNCC(=O)N(CCCCN)CC(=O)N(CC(N)=O)Cc1ccco1. The van der Waals surface area contributed by atoms with Crippen LogP contribution in [-0.4, -0.2) is 67.3 Å². The Kier molecular flexibility index (Phi) is 9.26. The van der Waals surface area contributed by atoms with Crippen LogP contribution in [0.4, 0.5) is 0 Å². The maximum atomic E-state index is 12.6. The van der Waals surface area contributed by atoms with Crippen LogP contribution >= 0.6 is 0 Å². The van der Waals surface area contributed by atoms with E-state index in [1.165, 1.54) is 16.1 Å². The molecule has 1 aromatic rings. The monoisotopic (exact) mass is 353 g/mol. The van der Waals surface area contributed by atoms with Gasteiger partial charge >= 0.3 is 0 Å². The summed E-state index contributed by atoms with van der Waals surface area (Å²) in [6, 6.07) is 3.39. The number of unbranched alkanes of at least 4 members (excludes halogenated alkanes) is 1. The van der Waals surface area contributed by atoms with Gasteiger partial charge < -0.3 is 31.0 Å². The van der Waals surface area contributed by atoms with Gasteiger partial charge in [-0.15, -0.1) is 0 Å². The van der Waals surface area contributed by atoms with Crippen molar-refractivity contribution in [2.75, 3.05) is 39.8 Å². The van der Waals surface area contributed by atoms with Crippen LogP contribution in [0.15, 0.2) is 22.8 Å². The maximum Gasteiger partial charge on any atom is 0.243 e. The summed E-state index contributed by atoms with van der Waals surface area (Å²) in [5.74, 6) is -0.653. The van der Waals surface area contributed by atoms with Crippen LogP contribution in [0.3, 0.4) is 0 Å². The van der Waals surface area contributed by atoms with Crippen molar-refractivity contribution in [3.05, 3.63) is 24.2 Å². The first-order valence-corrected chi connectivity index (χ1v) is 8.18. The topological polar surface area (TPSA) is 135 Å². The first-order chi connectivity index (χ1) is 12.0. The first-order valence-electron chi connectivity index (χ1n) is 8.18. The van der Waals surface area contributed by atoms with Crippen LogP contribution in [0.1, 0.15) is 18.6 Å². The van der Waals surface area contributed by atoms with Crippen molar-refractivity contribution in [3.63, 3.8) is 0 Å². The Morgan fingerprint density at radius 1 is 1.16 bits per heavy atom. The van der Waals surface area contributed by atoms with Crippen LogP contribution in [0.5, 0.6) is 0 Å². The van der Waals surface area contributed by atoms with Crippen molar-refractivity contribution < 1.29 is 18.8 Å². The zero-order valence-electron chi connectivity index (χ0n) is 14.6. The number of carbonyl (C=O) groups is 3. The Hall–Kier alpha value is -2.39. The molecule has 0 spiro atoms. The molecule has 5 N–H and O–H groups in total. The number of carbonyl (C=O) groups excluding carboxylic acids is 3. The lowest BCUT2D eigenvalue weighted by Gasteiger charge is -2.26. The fourth-order valence-corrected chi connectivity index (χ4v) is 2.28. The summed E-state index contributed by atoms with van der Waals surface area (Å²) >= 11 is 0. The second-order valence-electron chi connectivity index (χ2n) is 5.64. The highest BCUT2D eigenvalue weighted by Crippen LogP contribution is 2.07. The molecule has 0 aliphatic rings. The molecule has 1 aromatic heterocycles. The smallest absolute Gasteiger partial charge is 0.243 e. The van der Waals surface area contributed by atoms with E-state index >= 15 is 0 Å². The van der Waals surface area contributed by atoms with Crippen molar-refractivity contribution in [1.29, 1.82) is 0 Å². The highest BCUT2D eigenvalue weighted by Gasteiger charge is 2.22. The third-order valence-corrected chi connectivity index (χ3v) is 3.52. The van der Waals surface area contributed by atoms with E-state index in [4.69, 9.17) is 15.9 Å². The van der Waals surface area contributed by atoms with Crippen molar-refractivity contribution in [3.8, 4) is 0 Å². The van der Waals surface area contributed by atoms with E-state index in [1.807, 2.05) is 0 Å². The molecule has 0 bridgehead atoms. The normalized spacial score (nSPS) is 10.5. The molecule has 0 saturated carbocycles. The van der Waals surface area contributed by atoms with Crippen LogP contribution in [0, 0.1) is 0 Å². The highest BCUT2D eigenvalue weighted by molar-refractivity contribution is 5.88. The van der Waals surface area contributed by atoms with E-state index in [2.05, 4.69) is 5.32 Å². The van der Waals surface area contributed by atoms with Crippen LogP contribution in [0.2, 0.25) is 0 Å². The number of primary amides is 1. The lowest BCUT2D eigenvalue weighted by atomic mass is 10.2. The first kappa shape index (κ1) is 20.7. The van der Waals surface area contributed by atoms with E-state index in [9.17, 15) is 14.4 Å². The minimum Gasteiger partial charge on any atom is -0.467 e. The van der Waals surface area contributed by atoms with Gasteiger partial charge in [-0.3, -0.25) is 14.4 Å². The molecular formula is C16H27N5O4. The van der Waals surface area contributed by atoms with E-state index in [0.29, 0.717) is 25.3 Å². The van der Waals surface area contributed by atoms with Gasteiger partial charge in [-0.25, -0.2) is 0 Å². The molecule has 0 aliphatic carbocycles. The molecule has 0 radical (unpaired) electrons. The summed E-state index contributed by atoms with van der Waals surface area (Å²) in [4.78, 5) is 38.8. The van der Waals surface area contributed by atoms with Gasteiger partial charge in [-0.2, -0.15) is 0 Å². The Morgan fingerprint density at radius 2 is 1.92 bits per heavy atom. The van der Waals surface area contributed by atoms with Crippen molar-refractivity contribution in [2.45, 2.75) is 19.4 Å². The lowest BCUT2D eigenvalue weighted by Crippen LogP contribution is -2.47. The fraction of sp³-hybridized carbons (Fsp3) is 0.562. The number of nitrogens with zero attached hydrogens (tertiary/aromatic N) is 2. The molecular weight excluding hydrogens is 326 g/mol. The second-order valence-corrected chi connectivity index (χ2v) is 5.64. The van der Waals surface area contributed by atoms with Gasteiger partial charge in [0.25, 0.3) is 0 Å². The standard InChI is InChI=1S/C16H27N5O4/c1-19-9-15(23)20(7-3-2-6-17)12-16(24)21(11-14(18)22)10-13-5-4-8-25-13/h4-5,8,19H,2-3,6-7,9-12,17H2,1H3,(H2,18,22). The Bertz CT molecular complexity index is 547. The minimum absolute atomic E-state index is 0.117. The van der Waals surface area contributed by atoms with Gasteiger partial charge in [0.15, 0.2) is 0 Å². The summed E-state index contributed by atoms with van der Waals surface area (Å²) in [7, 11) is 1.66. The summed E-state index contributed by atoms with van der Waals surface area (Å²) in [5, 5.41) is 2.78. The summed E-state index contributed by atoms with van der Waals surface area (Å²) < 4.78 is 5.22. The average molecular weight is 353 g/mol. The van der Waals surface area contributed by atoms with Crippen molar-refractivity contribution in [2.24, 2.45) is 11.5 Å². The van der Waals surface area contributed by atoms with Crippen LogP contribution in [-0.2, 0) is 20.9 Å². The lowest BCUT2D eigenvalue weighted by molar-refractivity contribution is -0.142. The number of likely N-dealkylation sites (N-methyl/N-ethyl adjacent to an activating group) is 1. The number of nitrogens with one attached hydrogen (secondary N) is 1. The second kappa shape index (κ2) is 11.2. The molecule has 0 aliphatic heterocycles. The highest BCUT2D eigenvalue weighted by atomic mass is 16.3. The number of furan rings is 1. The Labute approximate surface area is 147 Å². The average Bonchev–Trinajstić information content (AvgIpc) is 3.06. The maximum absolute atomic E-state index is 12.6. The molecule has 25 heavy (non-hydrogen) atoms. The predicted octanol–water partition coefficient (Wildman–Crippen LogP) is -1.12. The fourth-order valence-electron chi connectivity index (χ4n) is 2.28. The number of amides is 3. The van der Waals surface area contributed by atoms with Crippen molar-refractivity contribution in [1.82, 2.24) is 15.1 Å². The van der Waals surface area contributed by atoms with E-state index in [1.54, 1.807) is 19.2 Å². The van der Waals surface area contributed by atoms with Gasteiger partial charge in [-0.1, -0.05) is 0 Å². The Morgan fingerprint density at radius 3 is 2.48 bits per heavy atom. The molecule has 0 saturated heterocycles. The van der Waals surface area contributed by atoms with E-state index < -0.39 is 5.91 Å². The number of nitrogens with two attached hydrogens (primary N) is 2. The summed E-state index contributed by atoms with van der Waals surface area (Å²) in [6.45, 7) is 0.827. The third kappa shape index (κ3) is 7.81. The molecule has 9 nitrogen and oxygen atoms in total. The van der Waals surface area contributed by atoms with Gasteiger partial charge in [-0.05, 0) is 38.6 Å². The van der Waals surface area contributed by atoms with Gasteiger partial charge in [0.1, 0.15) is 5.76 Å². The summed E-state index contributed by atoms with van der Waals surface area (Å²) in [6.07, 6.45) is 2.94. The third-order valence-electron chi connectivity index (χ3n) is 3.52. The molecule has 140 valence electrons. The number of hydrogen-bond donors (Lipinski definition) is 3. The zero-order valence-corrected chi connectivity index (χ0v) is 14.6. The molecule has 3 amide bonds.